The van der Waals surface area contributed by atoms with Gasteiger partial charge in [0.1, 0.15) is 0 Å². The van der Waals surface area contributed by atoms with Crippen LogP contribution in [0.25, 0.3) is 0 Å². The highest BCUT2D eigenvalue weighted by atomic mass is 79.9. The van der Waals surface area contributed by atoms with Gasteiger partial charge in [-0.25, -0.2) is 9.97 Å². The molecule has 0 radical (unpaired) electrons. The molecule has 1 heterocycles. The molecule has 0 aliphatic heterocycles. The van der Waals surface area contributed by atoms with Gasteiger partial charge in [0.25, 0.3) is 0 Å². The molecular weight excluding hydrogens is 258 g/mol. The van der Waals surface area contributed by atoms with E-state index in [2.05, 4.69) is 31.2 Å². The fourth-order valence-electron chi connectivity index (χ4n) is 1.83. The summed E-state index contributed by atoms with van der Waals surface area (Å²) in [7, 11) is 0. The van der Waals surface area contributed by atoms with E-state index < -0.39 is 0 Å². The van der Waals surface area contributed by atoms with Crippen LogP contribution in [-0.4, -0.2) is 27.2 Å². The lowest BCUT2D eigenvalue weighted by Gasteiger charge is -2.28. The number of anilines is 1. The Morgan fingerprint density at radius 2 is 1.93 bits per heavy atom. The van der Waals surface area contributed by atoms with Crippen LogP contribution in [0.2, 0.25) is 0 Å². The van der Waals surface area contributed by atoms with Gasteiger partial charge in [0.2, 0.25) is 5.95 Å². The predicted molar refractivity (Wildman–Crippen MR) is 61.6 cm³/mol. The Bertz CT molecular complexity index is 317. The van der Waals surface area contributed by atoms with Gasteiger partial charge in [-0.05, 0) is 28.8 Å². The number of hydrogen-bond acceptors (Lipinski definition) is 4. The van der Waals surface area contributed by atoms with Crippen LogP contribution in [0, 0.1) is 0 Å². The maximum Gasteiger partial charge on any atom is 0.222 e. The van der Waals surface area contributed by atoms with Crippen molar-refractivity contribution < 1.29 is 5.11 Å². The number of nitrogens with zero attached hydrogens (tertiary/aromatic N) is 2. The second-order valence-corrected chi connectivity index (χ2v) is 4.74. The number of hydrogen-bond donors (Lipinski definition) is 2. The molecule has 2 rings (SSSR count). The monoisotopic (exact) mass is 271 g/mol. The van der Waals surface area contributed by atoms with Crippen molar-refractivity contribution in [3.05, 3.63) is 16.9 Å². The summed E-state index contributed by atoms with van der Waals surface area (Å²) in [5.41, 5.74) is 0. The lowest BCUT2D eigenvalue weighted by molar-refractivity contribution is 0.116. The van der Waals surface area contributed by atoms with Crippen molar-refractivity contribution in [1.29, 1.82) is 0 Å². The van der Waals surface area contributed by atoms with Crippen LogP contribution in [0.1, 0.15) is 25.7 Å². The van der Waals surface area contributed by atoms with Crippen LogP contribution in [0.5, 0.6) is 0 Å². The molecule has 0 amide bonds. The zero-order chi connectivity index (χ0) is 10.7. The zero-order valence-corrected chi connectivity index (χ0v) is 9.94. The average molecular weight is 272 g/mol. The molecule has 1 fully saturated rings. The van der Waals surface area contributed by atoms with E-state index in [1.54, 1.807) is 12.4 Å². The first kappa shape index (κ1) is 10.8. The highest BCUT2D eigenvalue weighted by Gasteiger charge is 2.23. The number of aliphatic hydroxyl groups excluding tert-OH is 1. The van der Waals surface area contributed by atoms with Crippen LogP contribution >= 0.6 is 15.9 Å². The lowest BCUT2D eigenvalue weighted by Crippen LogP contribution is -2.36. The van der Waals surface area contributed by atoms with Crippen LogP contribution in [0.15, 0.2) is 16.9 Å². The maximum absolute atomic E-state index is 9.76. The molecule has 1 aromatic rings. The third-order valence-electron chi connectivity index (χ3n) is 2.66. The Labute approximate surface area is 97.3 Å². The summed E-state index contributed by atoms with van der Waals surface area (Å²) < 4.78 is 0.859. The minimum absolute atomic E-state index is 0.0972. The minimum atomic E-state index is -0.272. The molecule has 82 valence electrons. The summed E-state index contributed by atoms with van der Waals surface area (Å²) in [6.45, 7) is 0. The van der Waals surface area contributed by atoms with Gasteiger partial charge >= 0.3 is 0 Å². The lowest BCUT2D eigenvalue weighted by atomic mass is 9.93. The molecular formula is C10H14BrN3O. The molecule has 1 aromatic heterocycles. The Hall–Kier alpha value is -0.680. The molecule has 15 heavy (non-hydrogen) atoms. The highest BCUT2D eigenvalue weighted by Crippen LogP contribution is 2.21. The quantitative estimate of drug-likeness (QED) is 0.864. The van der Waals surface area contributed by atoms with Crippen LogP contribution in [0.4, 0.5) is 5.95 Å². The average Bonchev–Trinajstić information content (AvgIpc) is 2.25. The van der Waals surface area contributed by atoms with Crippen molar-refractivity contribution in [2.24, 2.45) is 0 Å². The second-order valence-electron chi connectivity index (χ2n) is 3.83. The molecule has 0 bridgehead atoms. The van der Waals surface area contributed by atoms with Crippen LogP contribution in [0.3, 0.4) is 0 Å². The van der Waals surface area contributed by atoms with Gasteiger partial charge in [0, 0.05) is 12.4 Å². The molecule has 4 nitrogen and oxygen atoms in total. The van der Waals surface area contributed by atoms with E-state index in [4.69, 9.17) is 0 Å². The highest BCUT2D eigenvalue weighted by molar-refractivity contribution is 9.10. The first-order valence-corrected chi connectivity index (χ1v) is 5.97. The summed E-state index contributed by atoms with van der Waals surface area (Å²) in [6, 6.07) is 0.0972. The minimum Gasteiger partial charge on any atom is -0.391 e. The largest absolute Gasteiger partial charge is 0.391 e. The predicted octanol–water partition coefficient (Wildman–Crippen LogP) is 1.95. The number of nitrogens with one attached hydrogen (secondary N) is 1. The van der Waals surface area contributed by atoms with Gasteiger partial charge in [0.05, 0.1) is 16.6 Å². The Morgan fingerprint density at radius 3 is 2.60 bits per heavy atom. The fourth-order valence-corrected chi connectivity index (χ4v) is 2.04. The fraction of sp³-hybridized carbons (Fsp3) is 0.600. The summed E-state index contributed by atoms with van der Waals surface area (Å²) in [4.78, 5) is 8.25. The number of rotatable bonds is 2. The SMILES string of the molecule is O[C@@H]1CCCC[C@@H]1Nc1ncc(Br)cn1. The number of aliphatic hydroxyl groups is 1. The van der Waals surface area contributed by atoms with Crippen molar-refractivity contribution in [2.45, 2.75) is 37.8 Å². The normalized spacial score (nSPS) is 26.3. The van der Waals surface area contributed by atoms with Crippen molar-refractivity contribution >= 4 is 21.9 Å². The molecule has 5 heteroatoms. The van der Waals surface area contributed by atoms with Crippen molar-refractivity contribution in [2.75, 3.05) is 5.32 Å². The smallest absolute Gasteiger partial charge is 0.222 e. The molecule has 2 atom stereocenters. The Morgan fingerprint density at radius 1 is 1.27 bits per heavy atom. The van der Waals surface area contributed by atoms with E-state index in [9.17, 15) is 5.11 Å². The van der Waals surface area contributed by atoms with Crippen LogP contribution in [-0.2, 0) is 0 Å². The summed E-state index contributed by atoms with van der Waals surface area (Å²) >= 11 is 3.28. The van der Waals surface area contributed by atoms with E-state index in [1.807, 2.05) is 0 Å². The molecule has 2 N–H and O–H groups in total. The summed E-state index contributed by atoms with van der Waals surface area (Å²) in [5.74, 6) is 0.587. The van der Waals surface area contributed by atoms with Crippen molar-refractivity contribution in [3.63, 3.8) is 0 Å². The van der Waals surface area contributed by atoms with E-state index >= 15 is 0 Å². The molecule has 0 spiro atoms. The number of aromatic nitrogens is 2. The first-order chi connectivity index (χ1) is 7.25. The van der Waals surface area contributed by atoms with E-state index in [1.165, 1.54) is 0 Å². The molecule has 1 aliphatic rings. The topological polar surface area (TPSA) is 58.0 Å². The number of halogens is 1. The van der Waals surface area contributed by atoms with Crippen LogP contribution < -0.4 is 5.32 Å². The molecule has 0 saturated heterocycles. The van der Waals surface area contributed by atoms with Gasteiger partial charge in [-0.1, -0.05) is 12.8 Å². The van der Waals surface area contributed by atoms with Gasteiger partial charge < -0.3 is 10.4 Å². The summed E-state index contributed by atoms with van der Waals surface area (Å²) in [5, 5.41) is 12.9. The van der Waals surface area contributed by atoms with Crippen molar-refractivity contribution in [3.8, 4) is 0 Å². The van der Waals surface area contributed by atoms with Gasteiger partial charge in [-0.3, -0.25) is 0 Å². The van der Waals surface area contributed by atoms with E-state index in [0.29, 0.717) is 5.95 Å². The molecule has 0 aromatic carbocycles. The standard InChI is InChI=1S/C10H14BrN3O/c11-7-5-12-10(13-6-7)14-8-3-1-2-4-9(8)15/h5-6,8-9,15H,1-4H2,(H,12,13,14)/t8-,9+/m0/s1. The third kappa shape index (κ3) is 2.89. The van der Waals surface area contributed by atoms with Crippen molar-refractivity contribution in [1.82, 2.24) is 9.97 Å². The van der Waals surface area contributed by atoms with Gasteiger partial charge in [-0.15, -0.1) is 0 Å². The van der Waals surface area contributed by atoms with E-state index in [0.717, 1.165) is 30.2 Å². The third-order valence-corrected chi connectivity index (χ3v) is 3.07. The van der Waals surface area contributed by atoms with Gasteiger partial charge in [-0.2, -0.15) is 0 Å². The maximum atomic E-state index is 9.76. The van der Waals surface area contributed by atoms with Gasteiger partial charge in [0.15, 0.2) is 0 Å². The first-order valence-electron chi connectivity index (χ1n) is 5.18. The Balaban J connectivity index is 1.98. The molecule has 1 aliphatic carbocycles. The molecule has 1 saturated carbocycles. The second kappa shape index (κ2) is 4.90. The molecule has 0 unspecified atom stereocenters. The van der Waals surface area contributed by atoms with E-state index in [-0.39, 0.29) is 12.1 Å². The summed E-state index contributed by atoms with van der Waals surface area (Å²) in [6.07, 6.45) is 7.25. The zero-order valence-electron chi connectivity index (χ0n) is 8.36. The Kier molecular flexibility index (Phi) is 3.53.